The molecule has 0 spiro atoms. The van der Waals surface area contributed by atoms with Gasteiger partial charge in [0.15, 0.2) is 5.96 Å². The van der Waals surface area contributed by atoms with Gasteiger partial charge < -0.3 is 15.5 Å². The van der Waals surface area contributed by atoms with Gasteiger partial charge in [0.25, 0.3) is 0 Å². The molecule has 2 N–H and O–H groups in total. The molecule has 0 saturated carbocycles. The molecule has 168 valence electrons. The van der Waals surface area contributed by atoms with Crippen molar-refractivity contribution >= 4 is 45.6 Å². The van der Waals surface area contributed by atoms with Gasteiger partial charge in [0.05, 0.1) is 12.3 Å². The second kappa shape index (κ2) is 11.9. The number of piperidine rings is 1. The van der Waals surface area contributed by atoms with Gasteiger partial charge in [0.2, 0.25) is 10.0 Å². The van der Waals surface area contributed by atoms with Gasteiger partial charge in [-0.1, -0.05) is 24.3 Å². The number of benzene rings is 1. The van der Waals surface area contributed by atoms with Crippen LogP contribution in [-0.2, 0) is 16.6 Å². The summed E-state index contributed by atoms with van der Waals surface area (Å²) in [6.45, 7) is 8.20. The topological polar surface area (TPSA) is 77.0 Å². The van der Waals surface area contributed by atoms with Gasteiger partial charge in [0, 0.05) is 44.5 Å². The van der Waals surface area contributed by atoms with Crippen molar-refractivity contribution in [1.82, 2.24) is 14.9 Å². The summed E-state index contributed by atoms with van der Waals surface area (Å²) in [6, 6.07) is 8.77. The largest absolute Gasteiger partial charge is 0.364 e. The maximum absolute atomic E-state index is 12.0. The minimum Gasteiger partial charge on any atom is -0.364 e. The van der Waals surface area contributed by atoms with Crippen molar-refractivity contribution in [1.29, 1.82) is 0 Å². The Bertz CT molecular complexity index is 828. The predicted molar refractivity (Wildman–Crippen MR) is 135 cm³/mol. The van der Waals surface area contributed by atoms with E-state index in [9.17, 15) is 8.42 Å². The van der Waals surface area contributed by atoms with Crippen LogP contribution in [0, 0.1) is 0 Å². The van der Waals surface area contributed by atoms with Crippen LogP contribution >= 0.6 is 24.0 Å². The summed E-state index contributed by atoms with van der Waals surface area (Å²) in [6.07, 6.45) is 5.96. The maximum atomic E-state index is 12.0. The van der Waals surface area contributed by atoms with Crippen LogP contribution in [0.5, 0.6) is 0 Å². The van der Waals surface area contributed by atoms with Crippen LogP contribution in [0.2, 0.25) is 0 Å². The van der Waals surface area contributed by atoms with Crippen LogP contribution in [0.3, 0.4) is 0 Å². The van der Waals surface area contributed by atoms with Crippen LogP contribution in [0.25, 0.3) is 0 Å². The highest BCUT2D eigenvalue weighted by Crippen LogP contribution is 2.19. The number of nitrogens with one attached hydrogen (secondary N) is 2. The van der Waals surface area contributed by atoms with Crippen molar-refractivity contribution in [3.05, 3.63) is 42.0 Å². The minimum atomic E-state index is -3.09. The molecular weight excluding hydrogens is 513 g/mol. The highest BCUT2D eigenvalue weighted by molar-refractivity contribution is 14.0. The molecule has 0 amide bonds. The first-order valence-corrected chi connectivity index (χ1v) is 12.1. The monoisotopic (exact) mass is 547 g/mol. The highest BCUT2D eigenvalue weighted by atomic mass is 127. The lowest BCUT2D eigenvalue weighted by Gasteiger charge is -2.32. The van der Waals surface area contributed by atoms with E-state index in [4.69, 9.17) is 4.99 Å². The normalized spacial score (nSPS) is 18.3. The van der Waals surface area contributed by atoms with E-state index in [1.807, 2.05) is 0 Å². The number of hydrogen-bond acceptors (Lipinski definition) is 4. The fourth-order valence-corrected chi connectivity index (χ4v) is 4.82. The predicted octanol–water partition coefficient (Wildman–Crippen LogP) is 2.55. The molecule has 0 unspecified atom stereocenters. The van der Waals surface area contributed by atoms with Crippen LogP contribution in [0.1, 0.15) is 32.3 Å². The molecule has 2 heterocycles. The average Bonchev–Trinajstić information content (AvgIpc) is 3.28. The minimum absolute atomic E-state index is 0. The van der Waals surface area contributed by atoms with Gasteiger partial charge in [-0.2, -0.15) is 0 Å². The molecule has 0 aliphatic carbocycles. The molecular formula is C21H34IN5O2S. The average molecular weight is 548 g/mol. The molecule has 9 heteroatoms. The van der Waals surface area contributed by atoms with Gasteiger partial charge in [-0.05, 0) is 44.4 Å². The Morgan fingerprint density at radius 2 is 1.87 bits per heavy atom. The zero-order valence-corrected chi connectivity index (χ0v) is 21.0. The van der Waals surface area contributed by atoms with Crippen LogP contribution < -0.4 is 15.5 Å². The lowest BCUT2D eigenvalue weighted by Crippen LogP contribution is -2.50. The van der Waals surface area contributed by atoms with E-state index in [0.717, 1.165) is 38.4 Å². The molecule has 0 atom stereocenters. The molecule has 1 fully saturated rings. The zero-order valence-electron chi connectivity index (χ0n) is 17.9. The Hall–Kier alpha value is -1.33. The smallest absolute Gasteiger partial charge is 0.213 e. The molecule has 1 aromatic carbocycles. The number of hydrogen-bond donors (Lipinski definition) is 2. The van der Waals surface area contributed by atoms with Crippen LogP contribution in [-0.4, -0.2) is 63.2 Å². The fourth-order valence-electron chi connectivity index (χ4n) is 3.69. The first-order chi connectivity index (χ1) is 14.0. The van der Waals surface area contributed by atoms with E-state index in [-0.39, 0.29) is 35.8 Å². The Kier molecular flexibility index (Phi) is 9.89. The maximum Gasteiger partial charge on any atom is 0.213 e. The molecule has 2 aliphatic rings. The molecule has 1 aromatic rings. The number of anilines is 1. The molecule has 0 bridgehead atoms. The number of halogens is 1. The summed E-state index contributed by atoms with van der Waals surface area (Å²) in [4.78, 5) is 7.09. The molecule has 0 radical (unpaired) electrons. The Balaban J connectivity index is 0.00000320. The third-order valence-electron chi connectivity index (χ3n) is 5.41. The standard InChI is InChI=1S/C21H33N5O2S.HI/c1-3-22-21(24-19-10-14-26(15-11-19)29(27,28)4-2)23-17-18-8-7-9-20(16-18)25-12-5-6-13-25;/h5-9,16,19H,3-4,10-15,17H2,1-2H3,(H2,22,23,24);1H. The lowest BCUT2D eigenvalue weighted by molar-refractivity contribution is 0.306. The summed E-state index contributed by atoms with van der Waals surface area (Å²) >= 11 is 0. The Labute approximate surface area is 198 Å². The van der Waals surface area contributed by atoms with E-state index in [1.54, 1.807) is 11.2 Å². The van der Waals surface area contributed by atoms with Crippen molar-refractivity contribution in [3.63, 3.8) is 0 Å². The second-order valence-corrected chi connectivity index (χ2v) is 9.72. The van der Waals surface area contributed by atoms with Crippen molar-refractivity contribution in [2.45, 2.75) is 39.3 Å². The molecule has 7 nitrogen and oxygen atoms in total. The number of guanidine groups is 1. The lowest BCUT2D eigenvalue weighted by atomic mass is 10.1. The van der Waals surface area contributed by atoms with Gasteiger partial charge >= 0.3 is 0 Å². The summed E-state index contributed by atoms with van der Waals surface area (Å²) < 4.78 is 25.7. The first kappa shape index (κ1) is 24.9. The van der Waals surface area contributed by atoms with E-state index in [0.29, 0.717) is 19.6 Å². The number of sulfonamides is 1. The SMILES string of the molecule is CCNC(=NCc1cccc(N2CC=CC2)c1)NC1CCN(S(=O)(=O)CC)CC1.I. The zero-order chi connectivity index (χ0) is 20.7. The van der Waals surface area contributed by atoms with Crippen molar-refractivity contribution < 1.29 is 8.42 Å². The summed E-state index contributed by atoms with van der Waals surface area (Å²) in [7, 11) is -3.09. The summed E-state index contributed by atoms with van der Waals surface area (Å²) in [5, 5.41) is 6.79. The Morgan fingerprint density at radius 3 is 2.50 bits per heavy atom. The molecule has 30 heavy (non-hydrogen) atoms. The molecule has 0 aromatic heterocycles. The van der Waals surface area contributed by atoms with Crippen molar-refractivity contribution in [2.24, 2.45) is 4.99 Å². The second-order valence-electron chi connectivity index (χ2n) is 7.46. The Morgan fingerprint density at radius 1 is 1.17 bits per heavy atom. The van der Waals surface area contributed by atoms with E-state index in [2.05, 4.69) is 58.9 Å². The fraction of sp³-hybridized carbons (Fsp3) is 0.571. The quantitative estimate of drug-likeness (QED) is 0.238. The van der Waals surface area contributed by atoms with E-state index in [1.165, 1.54) is 11.3 Å². The third-order valence-corrected chi connectivity index (χ3v) is 7.29. The van der Waals surface area contributed by atoms with Crippen molar-refractivity contribution in [2.75, 3.05) is 43.4 Å². The number of rotatable bonds is 7. The number of aliphatic imine (C=N–C) groups is 1. The van der Waals surface area contributed by atoms with Gasteiger partial charge in [0.1, 0.15) is 0 Å². The molecule has 1 saturated heterocycles. The van der Waals surface area contributed by atoms with Gasteiger partial charge in [-0.3, -0.25) is 0 Å². The van der Waals surface area contributed by atoms with Crippen LogP contribution in [0.4, 0.5) is 5.69 Å². The van der Waals surface area contributed by atoms with Crippen LogP contribution in [0.15, 0.2) is 41.4 Å². The highest BCUT2D eigenvalue weighted by Gasteiger charge is 2.27. The van der Waals surface area contributed by atoms with Gasteiger partial charge in [-0.15, -0.1) is 24.0 Å². The molecule has 3 rings (SSSR count). The van der Waals surface area contributed by atoms with Crippen molar-refractivity contribution in [3.8, 4) is 0 Å². The third kappa shape index (κ3) is 6.84. The summed E-state index contributed by atoms with van der Waals surface area (Å²) in [5.74, 6) is 0.958. The van der Waals surface area contributed by atoms with Gasteiger partial charge in [-0.25, -0.2) is 17.7 Å². The first-order valence-electron chi connectivity index (χ1n) is 10.5. The number of nitrogens with zero attached hydrogens (tertiary/aromatic N) is 3. The van der Waals surface area contributed by atoms with E-state index < -0.39 is 10.0 Å². The van der Waals surface area contributed by atoms with E-state index >= 15 is 0 Å². The molecule has 2 aliphatic heterocycles. The summed E-state index contributed by atoms with van der Waals surface area (Å²) in [5.41, 5.74) is 2.40.